The second kappa shape index (κ2) is 6.06. The van der Waals surface area contributed by atoms with Crippen molar-refractivity contribution in [1.82, 2.24) is 0 Å². The van der Waals surface area contributed by atoms with Gasteiger partial charge in [0.25, 0.3) is 0 Å². The summed E-state index contributed by atoms with van der Waals surface area (Å²) in [6.07, 6.45) is 2.62. The molecule has 3 heteroatoms. The zero-order valence-electron chi connectivity index (χ0n) is 12.9. The number of nitrogens with one attached hydrogen (secondary N) is 1. The molecule has 3 rings (SSSR count). The van der Waals surface area contributed by atoms with Crippen LogP contribution in [0.3, 0.4) is 0 Å². The van der Waals surface area contributed by atoms with Gasteiger partial charge in [-0.05, 0) is 31.2 Å². The summed E-state index contributed by atoms with van der Waals surface area (Å²) in [7, 11) is 0. The van der Waals surface area contributed by atoms with E-state index in [1.807, 2.05) is 60.4 Å². The van der Waals surface area contributed by atoms with Gasteiger partial charge in [0, 0.05) is 23.4 Å². The lowest BCUT2D eigenvalue weighted by atomic mass is 9.99. The molecule has 0 saturated heterocycles. The summed E-state index contributed by atoms with van der Waals surface area (Å²) >= 11 is 0. The van der Waals surface area contributed by atoms with Crippen LogP contribution >= 0.6 is 0 Å². The van der Waals surface area contributed by atoms with Gasteiger partial charge >= 0.3 is 0 Å². The molecule has 1 aliphatic heterocycles. The first-order chi connectivity index (χ1) is 10.7. The lowest BCUT2D eigenvalue weighted by molar-refractivity contribution is -0.118. The monoisotopic (exact) mass is 292 g/mol. The van der Waals surface area contributed by atoms with Crippen molar-refractivity contribution in [1.29, 1.82) is 0 Å². The fourth-order valence-corrected chi connectivity index (χ4v) is 2.85. The smallest absolute Gasteiger partial charge is 0.227 e. The van der Waals surface area contributed by atoms with Crippen LogP contribution in [-0.4, -0.2) is 11.9 Å². The first-order valence-electron chi connectivity index (χ1n) is 7.66. The maximum Gasteiger partial charge on any atom is 0.227 e. The van der Waals surface area contributed by atoms with Crippen LogP contribution in [-0.2, 0) is 4.79 Å². The average Bonchev–Trinajstić information content (AvgIpc) is 2.55. The molecule has 2 aromatic rings. The Hall–Kier alpha value is -2.55. The molecule has 112 valence electrons. The average molecular weight is 292 g/mol. The summed E-state index contributed by atoms with van der Waals surface area (Å²) < 4.78 is 0. The Bertz CT molecular complexity index is 706. The maximum atomic E-state index is 12.3. The summed E-state index contributed by atoms with van der Waals surface area (Å²) in [5.74, 6) is 0.148. The number of rotatable bonds is 3. The van der Waals surface area contributed by atoms with Gasteiger partial charge < -0.3 is 10.2 Å². The molecule has 1 amide bonds. The van der Waals surface area contributed by atoms with E-state index >= 15 is 0 Å². The number of benzene rings is 2. The number of anilines is 2. The van der Waals surface area contributed by atoms with Crippen molar-refractivity contribution < 1.29 is 4.79 Å². The number of para-hydroxylation sites is 2. The maximum absolute atomic E-state index is 12.3. The van der Waals surface area contributed by atoms with Crippen LogP contribution in [0.2, 0.25) is 0 Å². The molecular weight excluding hydrogens is 272 g/mol. The fraction of sp³-hybridized carbons (Fsp3) is 0.211. The first-order valence-corrected chi connectivity index (χ1v) is 7.66. The number of carbonyl (C=O) groups is 1. The van der Waals surface area contributed by atoms with Crippen LogP contribution in [0, 0.1) is 0 Å². The predicted molar refractivity (Wildman–Crippen MR) is 91.7 cm³/mol. The second-order valence-electron chi connectivity index (χ2n) is 5.45. The van der Waals surface area contributed by atoms with Gasteiger partial charge in [-0.3, -0.25) is 4.79 Å². The van der Waals surface area contributed by atoms with E-state index in [1.165, 1.54) is 0 Å². The highest BCUT2D eigenvalue weighted by Crippen LogP contribution is 2.34. The van der Waals surface area contributed by atoms with Crippen molar-refractivity contribution in [3.63, 3.8) is 0 Å². The Morgan fingerprint density at radius 3 is 2.50 bits per heavy atom. The van der Waals surface area contributed by atoms with Gasteiger partial charge in [-0.1, -0.05) is 43.3 Å². The zero-order chi connectivity index (χ0) is 15.5. The van der Waals surface area contributed by atoms with Crippen LogP contribution in [0.1, 0.15) is 25.8 Å². The Labute approximate surface area is 131 Å². The third-order valence-electron chi connectivity index (χ3n) is 3.89. The molecule has 22 heavy (non-hydrogen) atoms. The summed E-state index contributed by atoms with van der Waals surface area (Å²) in [6, 6.07) is 18.2. The minimum Gasteiger partial charge on any atom is -0.355 e. The molecular formula is C19H20N2O. The predicted octanol–water partition coefficient (Wildman–Crippen LogP) is 4.28. The highest BCUT2D eigenvalue weighted by atomic mass is 16.2. The van der Waals surface area contributed by atoms with Gasteiger partial charge in [0.1, 0.15) is 0 Å². The Morgan fingerprint density at radius 2 is 1.77 bits per heavy atom. The summed E-state index contributed by atoms with van der Waals surface area (Å²) in [4.78, 5) is 14.2. The van der Waals surface area contributed by atoms with Crippen LogP contribution in [0.5, 0.6) is 0 Å². The molecule has 1 aliphatic rings. The topological polar surface area (TPSA) is 32.3 Å². The number of hydrogen-bond donors (Lipinski definition) is 1. The number of nitrogens with zero attached hydrogens (tertiary/aromatic N) is 1. The fourth-order valence-electron chi connectivity index (χ4n) is 2.85. The largest absolute Gasteiger partial charge is 0.355 e. The molecule has 1 N–H and O–H groups in total. The van der Waals surface area contributed by atoms with E-state index in [2.05, 4.69) is 24.4 Å². The molecule has 0 unspecified atom stereocenters. The molecule has 0 aromatic heterocycles. The van der Waals surface area contributed by atoms with Crippen LogP contribution < -0.4 is 10.2 Å². The number of fused-ring (bicyclic) bond motifs is 1. The lowest BCUT2D eigenvalue weighted by Gasteiger charge is -2.34. The van der Waals surface area contributed by atoms with E-state index in [0.29, 0.717) is 6.42 Å². The lowest BCUT2D eigenvalue weighted by Crippen LogP contribution is -2.40. The van der Waals surface area contributed by atoms with Gasteiger partial charge in [-0.25, -0.2) is 0 Å². The van der Waals surface area contributed by atoms with E-state index in [0.717, 1.165) is 22.6 Å². The molecule has 1 atom stereocenters. The van der Waals surface area contributed by atoms with E-state index in [-0.39, 0.29) is 11.9 Å². The summed E-state index contributed by atoms with van der Waals surface area (Å²) in [5, 5.41) is 3.47. The van der Waals surface area contributed by atoms with Crippen LogP contribution in [0.4, 0.5) is 11.4 Å². The summed E-state index contributed by atoms with van der Waals surface area (Å²) in [5.41, 5.74) is 4.13. The van der Waals surface area contributed by atoms with Crippen molar-refractivity contribution >= 4 is 23.0 Å². The van der Waals surface area contributed by atoms with Gasteiger partial charge in [-0.2, -0.15) is 0 Å². The summed E-state index contributed by atoms with van der Waals surface area (Å²) in [6.45, 7) is 3.95. The standard InChI is InChI=1S/C19H20N2O/c1-3-19(22)21-14(2)13-17(16-11-7-8-12-18(16)21)20-15-9-5-4-6-10-15/h4-14,20H,3H2,1-2H3/t14-/m0/s1. The molecule has 0 saturated carbocycles. The normalized spacial score (nSPS) is 16.7. The van der Waals surface area contributed by atoms with Crippen molar-refractivity contribution in [2.75, 3.05) is 10.2 Å². The van der Waals surface area contributed by atoms with Crippen molar-refractivity contribution in [3.8, 4) is 0 Å². The molecule has 0 aliphatic carbocycles. The van der Waals surface area contributed by atoms with Crippen molar-refractivity contribution in [3.05, 3.63) is 66.2 Å². The van der Waals surface area contributed by atoms with E-state index < -0.39 is 0 Å². The molecule has 2 aromatic carbocycles. The van der Waals surface area contributed by atoms with E-state index in [4.69, 9.17) is 0 Å². The number of carbonyl (C=O) groups excluding carboxylic acids is 1. The molecule has 0 spiro atoms. The van der Waals surface area contributed by atoms with Gasteiger partial charge in [0.05, 0.1) is 11.7 Å². The van der Waals surface area contributed by atoms with E-state index in [9.17, 15) is 4.79 Å². The van der Waals surface area contributed by atoms with Crippen molar-refractivity contribution in [2.45, 2.75) is 26.3 Å². The number of amides is 1. The Balaban J connectivity index is 2.01. The quantitative estimate of drug-likeness (QED) is 0.915. The zero-order valence-corrected chi connectivity index (χ0v) is 12.9. The van der Waals surface area contributed by atoms with Gasteiger partial charge in [-0.15, -0.1) is 0 Å². The highest BCUT2D eigenvalue weighted by Gasteiger charge is 2.27. The van der Waals surface area contributed by atoms with Crippen LogP contribution in [0.25, 0.3) is 5.70 Å². The minimum absolute atomic E-state index is 0.0357. The Morgan fingerprint density at radius 1 is 1.09 bits per heavy atom. The molecule has 3 nitrogen and oxygen atoms in total. The third kappa shape index (κ3) is 2.62. The first kappa shape index (κ1) is 14.4. The third-order valence-corrected chi connectivity index (χ3v) is 3.89. The molecule has 0 bridgehead atoms. The van der Waals surface area contributed by atoms with E-state index in [1.54, 1.807) is 0 Å². The van der Waals surface area contributed by atoms with Crippen molar-refractivity contribution in [2.24, 2.45) is 0 Å². The number of hydrogen-bond acceptors (Lipinski definition) is 2. The van der Waals surface area contributed by atoms with Gasteiger partial charge in [0.2, 0.25) is 5.91 Å². The van der Waals surface area contributed by atoms with Crippen LogP contribution in [0.15, 0.2) is 60.7 Å². The highest BCUT2D eigenvalue weighted by molar-refractivity contribution is 6.00. The Kier molecular flexibility index (Phi) is 3.96. The SMILES string of the molecule is CCC(=O)N1c2ccccc2C(Nc2ccccc2)=C[C@@H]1C. The molecule has 1 heterocycles. The van der Waals surface area contributed by atoms with Gasteiger partial charge in [0.15, 0.2) is 0 Å². The minimum atomic E-state index is 0.0357. The molecule has 0 radical (unpaired) electrons. The molecule has 0 fully saturated rings. The second-order valence-corrected chi connectivity index (χ2v) is 5.45.